The zero-order valence-corrected chi connectivity index (χ0v) is 17.0. The third kappa shape index (κ3) is 3.04. The van der Waals surface area contributed by atoms with E-state index in [0.717, 1.165) is 36.2 Å². The summed E-state index contributed by atoms with van der Waals surface area (Å²) in [7, 11) is 1.64. The third-order valence-electron chi connectivity index (χ3n) is 6.20. The first kappa shape index (κ1) is 19.5. The van der Waals surface area contributed by atoms with Gasteiger partial charge in [0.25, 0.3) is 5.91 Å². The minimum absolute atomic E-state index is 0.106. The van der Waals surface area contributed by atoms with E-state index >= 15 is 0 Å². The second kappa shape index (κ2) is 7.05. The highest BCUT2D eigenvalue weighted by molar-refractivity contribution is 5.88. The number of fused-ring (bicyclic) bond motifs is 1. The van der Waals surface area contributed by atoms with Crippen LogP contribution >= 0.6 is 0 Å². The molecule has 3 heterocycles. The van der Waals surface area contributed by atoms with Crippen LogP contribution in [0.25, 0.3) is 16.9 Å². The summed E-state index contributed by atoms with van der Waals surface area (Å²) in [5, 5.41) is 28.8. The number of amides is 1. The Labute approximate surface area is 177 Å². The molecule has 2 aliphatic rings. The van der Waals surface area contributed by atoms with Crippen LogP contribution in [0.5, 0.6) is 0 Å². The van der Waals surface area contributed by atoms with Crippen LogP contribution < -0.4 is 0 Å². The van der Waals surface area contributed by atoms with Crippen LogP contribution in [0.4, 0.5) is 0 Å². The van der Waals surface area contributed by atoms with Gasteiger partial charge in [-0.15, -0.1) is 0 Å². The molecular formula is C22H22N4O5. The number of nitrogens with zero attached hydrogens (tertiary/aromatic N) is 4. The molecule has 160 valence electrons. The molecule has 2 N–H and O–H groups in total. The van der Waals surface area contributed by atoms with Crippen LogP contribution in [0.3, 0.4) is 0 Å². The van der Waals surface area contributed by atoms with Crippen molar-refractivity contribution >= 4 is 11.9 Å². The molecule has 1 atom stereocenters. The average Bonchev–Trinajstić information content (AvgIpc) is 3.48. The number of aliphatic hydroxyl groups is 1. The summed E-state index contributed by atoms with van der Waals surface area (Å²) in [6.45, 7) is 0.442. The van der Waals surface area contributed by atoms with Crippen molar-refractivity contribution in [3.05, 3.63) is 53.0 Å². The second-order valence-electron chi connectivity index (χ2n) is 8.16. The maximum atomic E-state index is 12.3. The van der Waals surface area contributed by atoms with E-state index in [2.05, 4.69) is 10.3 Å². The molecule has 2 aromatic heterocycles. The van der Waals surface area contributed by atoms with Crippen molar-refractivity contribution < 1.29 is 24.3 Å². The predicted molar refractivity (Wildman–Crippen MR) is 109 cm³/mol. The molecule has 1 aliphatic heterocycles. The molecule has 1 amide bonds. The average molecular weight is 422 g/mol. The fourth-order valence-corrected chi connectivity index (χ4v) is 4.47. The quantitative estimate of drug-likeness (QED) is 0.661. The number of carbonyl (C=O) groups is 2. The molecule has 31 heavy (non-hydrogen) atoms. The van der Waals surface area contributed by atoms with Crippen LogP contribution in [-0.4, -0.2) is 55.5 Å². The lowest BCUT2D eigenvalue weighted by Crippen LogP contribution is -2.35. The molecule has 9 nitrogen and oxygen atoms in total. The van der Waals surface area contributed by atoms with Gasteiger partial charge in [0.15, 0.2) is 11.5 Å². The number of rotatable bonds is 4. The minimum atomic E-state index is -1.70. The van der Waals surface area contributed by atoms with Crippen LogP contribution in [0.15, 0.2) is 34.9 Å². The third-order valence-corrected chi connectivity index (χ3v) is 6.20. The first-order valence-corrected chi connectivity index (χ1v) is 10.3. The number of aromatic nitrogens is 3. The highest BCUT2D eigenvalue weighted by Crippen LogP contribution is 2.35. The van der Waals surface area contributed by atoms with Gasteiger partial charge in [-0.2, -0.15) is 5.10 Å². The van der Waals surface area contributed by atoms with Crippen molar-refractivity contribution in [2.45, 2.75) is 37.7 Å². The standard InChI is InChI=1S/C22H22N4O5/c1-25-10-9-22(30,21(25)29)18-12-16(24-31-18)13-5-4-6-14(11-13)26-17-8-3-2-7-15(17)19(23-26)20(27)28/h4-6,11-12,30H,2-3,7-10H2,1H3,(H,27,28)/t22-/m1/s1. The smallest absolute Gasteiger partial charge is 0.356 e. The van der Waals surface area contributed by atoms with Crippen LogP contribution in [0.1, 0.15) is 46.8 Å². The van der Waals surface area contributed by atoms with E-state index in [1.54, 1.807) is 17.8 Å². The maximum Gasteiger partial charge on any atom is 0.356 e. The van der Waals surface area contributed by atoms with Crippen molar-refractivity contribution in [2.75, 3.05) is 13.6 Å². The van der Waals surface area contributed by atoms with Crippen LogP contribution in [-0.2, 0) is 23.2 Å². The predicted octanol–water partition coefficient (Wildman–Crippen LogP) is 2.15. The maximum absolute atomic E-state index is 12.3. The van der Waals surface area contributed by atoms with Gasteiger partial charge in [-0.3, -0.25) is 4.79 Å². The molecule has 1 aliphatic carbocycles. The van der Waals surface area contributed by atoms with Gasteiger partial charge in [-0.05, 0) is 37.8 Å². The molecule has 0 saturated carbocycles. The number of hydrogen-bond donors (Lipinski definition) is 2. The molecule has 0 spiro atoms. The fraction of sp³-hybridized carbons (Fsp3) is 0.364. The molecule has 1 aromatic carbocycles. The normalized spacial score (nSPS) is 20.8. The lowest BCUT2D eigenvalue weighted by Gasteiger charge is -2.16. The van der Waals surface area contributed by atoms with E-state index in [0.29, 0.717) is 24.2 Å². The summed E-state index contributed by atoms with van der Waals surface area (Å²) >= 11 is 0. The Morgan fingerprint density at radius 1 is 1.23 bits per heavy atom. The van der Waals surface area contributed by atoms with E-state index in [4.69, 9.17) is 4.52 Å². The second-order valence-corrected chi connectivity index (χ2v) is 8.16. The number of carbonyl (C=O) groups excluding carboxylic acids is 1. The van der Waals surface area contributed by atoms with Crippen LogP contribution in [0, 0.1) is 0 Å². The first-order valence-electron chi connectivity index (χ1n) is 10.3. The van der Waals surface area contributed by atoms with Crippen molar-refractivity contribution in [1.82, 2.24) is 19.8 Å². The van der Waals surface area contributed by atoms with Crippen molar-refractivity contribution in [2.24, 2.45) is 0 Å². The molecule has 9 heteroatoms. The topological polar surface area (TPSA) is 122 Å². The summed E-state index contributed by atoms with van der Waals surface area (Å²) in [6, 6.07) is 8.96. The molecule has 0 radical (unpaired) electrons. The minimum Gasteiger partial charge on any atom is -0.476 e. The number of likely N-dealkylation sites (N-methyl/N-ethyl adjacent to an activating group) is 1. The number of carboxylic acids is 1. The van der Waals surface area contributed by atoms with Gasteiger partial charge in [0, 0.05) is 42.9 Å². The molecule has 3 aromatic rings. The van der Waals surface area contributed by atoms with Crippen molar-refractivity contribution in [3.63, 3.8) is 0 Å². The fourth-order valence-electron chi connectivity index (χ4n) is 4.47. The number of carboxylic acid groups (broad SMARTS) is 1. The Hall–Kier alpha value is -3.46. The van der Waals surface area contributed by atoms with Crippen molar-refractivity contribution in [1.29, 1.82) is 0 Å². The van der Waals surface area contributed by atoms with Gasteiger partial charge in [-0.1, -0.05) is 17.3 Å². The first-order chi connectivity index (χ1) is 14.9. The zero-order valence-electron chi connectivity index (χ0n) is 17.0. The lowest BCUT2D eigenvalue weighted by atomic mass is 9.95. The van der Waals surface area contributed by atoms with Gasteiger partial charge in [0.2, 0.25) is 5.60 Å². The van der Waals surface area contributed by atoms with Gasteiger partial charge in [-0.25, -0.2) is 9.48 Å². The Morgan fingerprint density at radius 3 is 2.77 bits per heavy atom. The highest BCUT2D eigenvalue weighted by atomic mass is 16.5. The van der Waals surface area contributed by atoms with E-state index in [9.17, 15) is 19.8 Å². The summed E-state index contributed by atoms with van der Waals surface area (Å²) in [4.78, 5) is 25.5. The molecule has 0 bridgehead atoms. The van der Waals surface area contributed by atoms with Gasteiger partial charge < -0.3 is 19.6 Å². The summed E-state index contributed by atoms with van der Waals surface area (Å²) < 4.78 is 7.05. The molecular weight excluding hydrogens is 400 g/mol. The summed E-state index contributed by atoms with van der Waals surface area (Å²) in [5.41, 5.74) is 2.06. The molecule has 0 unspecified atom stereocenters. The lowest BCUT2D eigenvalue weighted by molar-refractivity contribution is -0.144. The SMILES string of the molecule is CN1CC[C@@](O)(c2cc(-c3cccc(-n4nc(C(=O)O)c5c4CCCC5)c3)no2)C1=O. The molecule has 1 saturated heterocycles. The summed E-state index contributed by atoms with van der Waals surface area (Å²) in [6.07, 6.45) is 3.68. The number of aromatic carboxylic acids is 1. The number of likely N-dealkylation sites (tertiary alicyclic amines) is 1. The number of benzene rings is 1. The highest BCUT2D eigenvalue weighted by Gasteiger charge is 2.48. The van der Waals surface area contributed by atoms with Gasteiger partial charge >= 0.3 is 5.97 Å². The van der Waals surface area contributed by atoms with Crippen LogP contribution in [0.2, 0.25) is 0 Å². The Balaban J connectivity index is 1.52. The molecule has 1 fully saturated rings. The zero-order chi connectivity index (χ0) is 21.8. The van der Waals surface area contributed by atoms with E-state index in [1.165, 1.54) is 4.90 Å². The van der Waals surface area contributed by atoms with Gasteiger partial charge in [0.1, 0.15) is 5.69 Å². The Kier molecular flexibility index (Phi) is 4.44. The Morgan fingerprint density at radius 2 is 2.03 bits per heavy atom. The van der Waals surface area contributed by atoms with Crippen molar-refractivity contribution in [3.8, 4) is 16.9 Å². The van der Waals surface area contributed by atoms with E-state index < -0.39 is 17.5 Å². The monoisotopic (exact) mass is 422 g/mol. The largest absolute Gasteiger partial charge is 0.476 e. The Bertz CT molecular complexity index is 1200. The van der Waals surface area contributed by atoms with E-state index in [-0.39, 0.29) is 17.9 Å². The van der Waals surface area contributed by atoms with Gasteiger partial charge in [0.05, 0.1) is 5.69 Å². The summed E-state index contributed by atoms with van der Waals surface area (Å²) in [5.74, 6) is -1.31. The number of hydrogen-bond acceptors (Lipinski definition) is 6. The molecule has 5 rings (SSSR count). The van der Waals surface area contributed by atoms with E-state index in [1.807, 2.05) is 24.3 Å².